The highest BCUT2D eigenvalue weighted by atomic mass is 79.9. The third kappa shape index (κ3) is 5.39. The van der Waals surface area contributed by atoms with Crippen LogP contribution in [-0.4, -0.2) is 19.0 Å². The second-order valence-corrected chi connectivity index (χ2v) is 5.65. The minimum Gasteiger partial charge on any atom is -0.466 e. The first-order valence-electron chi connectivity index (χ1n) is 6.63. The molecule has 0 bridgehead atoms. The van der Waals surface area contributed by atoms with Crippen LogP contribution in [0.15, 0.2) is 58.6 Å². The summed E-state index contributed by atoms with van der Waals surface area (Å²) in [5.41, 5.74) is -0.265. The first-order chi connectivity index (χ1) is 10.7. The van der Waals surface area contributed by atoms with Crippen molar-refractivity contribution in [2.24, 2.45) is 0 Å². The fraction of sp³-hybridized carbons (Fsp3) is 0.235. The average Bonchev–Trinajstić information content (AvgIpc) is 2.49. The van der Waals surface area contributed by atoms with Crippen LogP contribution in [0, 0.1) is 5.82 Å². The topological polar surface area (TPSA) is 26.3 Å². The van der Waals surface area contributed by atoms with Crippen LogP contribution in [0.4, 0.5) is 13.2 Å². The molecule has 0 aliphatic carbocycles. The molecule has 0 aromatic heterocycles. The van der Waals surface area contributed by atoms with E-state index in [0.29, 0.717) is 4.47 Å². The Hall–Kier alpha value is -1.82. The van der Waals surface area contributed by atoms with E-state index >= 15 is 0 Å². The summed E-state index contributed by atoms with van der Waals surface area (Å²) in [5, 5.41) is 0. The zero-order chi connectivity index (χ0) is 17.6. The van der Waals surface area contributed by atoms with Gasteiger partial charge in [-0.1, -0.05) is 34.7 Å². The number of hydrogen-bond donors (Lipinski definition) is 0. The number of allylic oxidation sites excluding steroid dienone is 4. The summed E-state index contributed by atoms with van der Waals surface area (Å²) in [4.78, 5) is 11.4. The minimum atomic E-state index is -3.32. The summed E-state index contributed by atoms with van der Waals surface area (Å²) >= 11 is 3.13. The number of alkyl halides is 2. The number of rotatable bonds is 6. The predicted molar refractivity (Wildman–Crippen MR) is 86.8 cm³/mol. The van der Waals surface area contributed by atoms with Gasteiger partial charge in [-0.25, -0.2) is 18.0 Å². The van der Waals surface area contributed by atoms with Crippen molar-refractivity contribution in [1.82, 2.24) is 0 Å². The summed E-state index contributed by atoms with van der Waals surface area (Å²) in [5.74, 6) is -4.63. The standard InChI is InChI=1S/C17H16BrF3O2/c1-4-5-13(8-11(2)16(22)23-3)17(20,21)10-12-9-14(19)6-7-15(12)18/h4-9H,1,10H2,2-3H3/b11-8+,13-5+. The molecule has 1 aromatic rings. The molecule has 0 fully saturated rings. The lowest BCUT2D eigenvalue weighted by atomic mass is 9.98. The van der Waals surface area contributed by atoms with Gasteiger partial charge in [0.15, 0.2) is 0 Å². The zero-order valence-corrected chi connectivity index (χ0v) is 14.3. The number of ether oxygens (including phenoxy) is 1. The largest absolute Gasteiger partial charge is 0.466 e. The van der Waals surface area contributed by atoms with Gasteiger partial charge in [0.25, 0.3) is 5.92 Å². The number of methoxy groups -OCH3 is 1. The van der Waals surface area contributed by atoms with Crippen LogP contribution in [0.1, 0.15) is 12.5 Å². The summed E-state index contributed by atoms with van der Waals surface area (Å²) in [6, 6.07) is 3.58. The fourth-order valence-corrected chi connectivity index (χ4v) is 2.26. The van der Waals surface area contributed by atoms with Crippen LogP contribution in [0.25, 0.3) is 0 Å². The van der Waals surface area contributed by atoms with Crippen molar-refractivity contribution in [2.45, 2.75) is 19.3 Å². The zero-order valence-electron chi connectivity index (χ0n) is 12.7. The van der Waals surface area contributed by atoms with E-state index in [0.717, 1.165) is 18.2 Å². The molecule has 0 aliphatic heterocycles. The lowest BCUT2D eigenvalue weighted by Crippen LogP contribution is -2.23. The number of esters is 1. The predicted octanol–water partition coefficient (Wildman–Crippen LogP) is 5.00. The van der Waals surface area contributed by atoms with Crippen molar-refractivity contribution in [1.29, 1.82) is 0 Å². The summed E-state index contributed by atoms with van der Waals surface area (Å²) < 4.78 is 47.2. The van der Waals surface area contributed by atoms with Crippen LogP contribution in [0.3, 0.4) is 0 Å². The quantitative estimate of drug-likeness (QED) is 0.389. The van der Waals surface area contributed by atoms with Gasteiger partial charge >= 0.3 is 5.97 Å². The number of halogens is 4. The van der Waals surface area contributed by atoms with Crippen molar-refractivity contribution >= 4 is 21.9 Å². The fourth-order valence-electron chi connectivity index (χ4n) is 1.88. The summed E-state index contributed by atoms with van der Waals surface area (Å²) in [6.45, 7) is 4.77. The van der Waals surface area contributed by atoms with Crippen LogP contribution in [0.5, 0.6) is 0 Å². The Morgan fingerprint density at radius 2 is 2.09 bits per heavy atom. The van der Waals surface area contributed by atoms with Crippen LogP contribution < -0.4 is 0 Å². The molecule has 0 N–H and O–H groups in total. The van der Waals surface area contributed by atoms with E-state index in [4.69, 9.17) is 0 Å². The molecule has 1 aromatic carbocycles. The van der Waals surface area contributed by atoms with E-state index in [1.807, 2.05) is 0 Å². The van der Waals surface area contributed by atoms with Crippen molar-refractivity contribution in [3.05, 3.63) is 70.0 Å². The minimum absolute atomic E-state index is 0.0265. The Morgan fingerprint density at radius 1 is 1.43 bits per heavy atom. The molecule has 6 heteroatoms. The Morgan fingerprint density at radius 3 is 2.65 bits per heavy atom. The van der Waals surface area contributed by atoms with Gasteiger partial charge in [-0.05, 0) is 36.8 Å². The van der Waals surface area contributed by atoms with E-state index in [-0.39, 0.29) is 11.1 Å². The van der Waals surface area contributed by atoms with Crippen molar-refractivity contribution in [3.8, 4) is 0 Å². The first kappa shape index (κ1) is 19.2. The van der Waals surface area contributed by atoms with Gasteiger partial charge in [0.1, 0.15) is 5.82 Å². The third-order valence-electron chi connectivity index (χ3n) is 3.02. The monoisotopic (exact) mass is 388 g/mol. The highest BCUT2D eigenvalue weighted by Gasteiger charge is 2.34. The number of benzene rings is 1. The van der Waals surface area contributed by atoms with Crippen molar-refractivity contribution in [3.63, 3.8) is 0 Å². The van der Waals surface area contributed by atoms with E-state index in [1.54, 1.807) is 0 Å². The number of carbonyl (C=O) groups excluding carboxylic acids is 1. The van der Waals surface area contributed by atoms with E-state index < -0.39 is 29.7 Å². The maximum atomic E-state index is 14.5. The lowest BCUT2D eigenvalue weighted by Gasteiger charge is -2.19. The van der Waals surface area contributed by atoms with Crippen molar-refractivity contribution in [2.75, 3.05) is 7.11 Å². The molecule has 0 saturated carbocycles. The van der Waals surface area contributed by atoms with Crippen LogP contribution in [0.2, 0.25) is 0 Å². The Balaban J connectivity index is 3.19. The van der Waals surface area contributed by atoms with Gasteiger partial charge in [0.05, 0.1) is 7.11 Å². The maximum absolute atomic E-state index is 14.5. The molecule has 0 saturated heterocycles. The van der Waals surface area contributed by atoms with Gasteiger partial charge < -0.3 is 4.74 Å². The molecule has 0 atom stereocenters. The second-order valence-electron chi connectivity index (χ2n) is 4.79. The molecule has 0 unspecified atom stereocenters. The molecule has 0 radical (unpaired) electrons. The van der Waals surface area contributed by atoms with Crippen LogP contribution >= 0.6 is 15.9 Å². The Kier molecular flexibility index (Phi) is 6.81. The van der Waals surface area contributed by atoms with Gasteiger partial charge in [-0.15, -0.1) is 0 Å². The summed E-state index contributed by atoms with van der Waals surface area (Å²) in [7, 11) is 1.17. The second kappa shape index (κ2) is 8.15. The highest BCUT2D eigenvalue weighted by molar-refractivity contribution is 9.10. The molecule has 1 rings (SSSR count). The molecule has 0 aliphatic rings. The lowest BCUT2D eigenvalue weighted by molar-refractivity contribution is -0.136. The first-order valence-corrected chi connectivity index (χ1v) is 7.42. The molecule has 0 heterocycles. The van der Waals surface area contributed by atoms with E-state index in [2.05, 4.69) is 27.2 Å². The normalized spacial score (nSPS) is 13.0. The van der Waals surface area contributed by atoms with E-state index in [1.165, 1.54) is 32.2 Å². The maximum Gasteiger partial charge on any atom is 0.333 e. The molecule has 2 nitrogen and oxygen atoms in total. The van der Waals surface area contributed by atoms with Gasteiger partial charge in [-0.2, -0.15) is 0 Å². The summed E-state index contributed by atoms with van der Waals surface area (Å²) in [6.07, 6.45) is 2.63. The van der Waals surface area contributed by atoms with Crippen molar-refractivity contribution < 1.29 is 22.7 Å². The molecule has 23 heavy (non-hydrogen) atoms. The van der Waals surface area contributed by atoms with Gasteiger partial charge in [0, 0.05) is 22.0 Å². The number of carbonyl (C=O) groups is 1. The Labute approximate surface area is 141 Å². The van der Waals surface area contributed by atoms with Gasteiger partial charge in [0.2, 0.25) is 0 Å². The third-order valence-corrected chi connectivity index (χ3v) is 3.79. The molecular weight excluding hydrogens is 373 g/mol. The molecule has 0 spiro atoms. The molecule has 124 valence electrons. The SMILES string of the molecule is C=C/C=C(\C=C(/C)C(=O)OC)C(F)(F)Cc1cc(F)ccc1Br. The average molecular weight is 389 g/mol. The molecular formula is C17H16BrF3O2. The highest BCUT2D eigenvalue weighted by Crippen LogP contribution is 2.33. The molecule has 0 amide bonds. The number of hydrogen-bond acceptors (Lipinski definition) is 2. The Bertz CT molecular complexity index is 664. The smallest absolute Gasteiger partial charge is 0.333 e. The van der Waals surface area contributed by atoms with E-state index in [9.17, 15) is 18.0 Å². The van der Waals surface area contributed by atoms with Crippen LogP contribution in [-0.2, 0) is 16.0 Å². The van der Waals surface area contributed by atoms with Gasteiger partial charge in [-0.3, -0.25) is 0 Å².